The number of hydrogen-bond acceptors (Lipinski definition) is 6. The number of aromatic nitrogens is 5. The summed E-state index contributed by atoms with van der Waals surface area (Å²) >= 11 is 0. The average Bonchev–Trinajstić information content (AvgIpc) is 3.60. The number of aryl methyl sites for hydroxylation is 1. The van der Waals surface area contributed by atoms with Gasteiger partial charge >= 0.3 is 0 Å². The number of anilines is 1. The lowest BCUT2D eigenvalue weighted by atomic mass is 10.1. The molecule has 0 aliphatic carbocycles. The molecule has 9 heteroatoms. The SMILES string of the molecule is C=CC(=O)N1CC(n2nc(C#Cc3ccc4c(cnn4CC)c3)c3c(N)nccc32)C[C@@H]1CCOC. The Kier molecular flexibility index (Phi) is 6.44. The van der Waals surface area contributed by atoms with E-state index in [1.54, 1.807) is 13.3 Å². The van der Waals surface area contributed by atoms with Gasteiger partial charge in [-0.25, -0.2) is 4.98 Å². The molecular weight excluding hydrogens is 454 g/mol. The van der Waals surface area contributed by atoms with Crippen LogP contribution < -0.4 is 5.73 Å². The van der Waals surface area contributed by atoms with Crippen LogP contribution in [0.5, 0.6) is 0 Å². The summed E-state index contributed by atoms with van der Waals surface area (Å²) in [6.07, 6.45) is 6.40. The van der Waals surface area contributed by atoms with E-state index in [1.807, 2.05) is 44.7 Å². The molecule has 4 aromatic rings. The number of likely N-dealkylation sites (tertiary alicyclic amines) is 1. The highest BCUT2D eigenvalue weighted by atomic mass is 16.5. The predicted octanol–water partition coefficient (Wildman–Crippen LogP) is 3.15. The van der Waals surface area contributed by atoms with E-state index in [2.05, 4.69) is 35.4 Å². The number of fused-ring (bicyclic) bond motifs is 2. The van der Waals surface area contributed by atoms with E-state index in [9.17, 15) is 4.79 Å². The summed E-state index contributed by atoms with van der Waals surface area (Å²) in [7, 11) is 1.67. The van der Waals surface area contributed by atoms with Gasteiger partial charge in [-0.3, -0.25) is 14.2 Å². The zero-order valence-electron chi connectivity index (χ0n) is 20.5. The molecule has 1 unspecified atom stereocenters. The molecule has 1 saturated heterocycles. The van der Waals surface area contributed by atoms with Gasteiger partial charge in [0.2, 0.25) is 5.91 Å². The van der Waals surface area contributed by atoms with Crippen LogP contribution in [0.4, 0.5) is 5.82 Å². The van der Waals surface area contributed by atoms with Crippen LogP contribution in [0.2, 0.25) is 0 Å². The molecule has 36 heavy (non-hydrogen) atoms. The van der Waals surface area contributed by atoms with E-state index >= 15 is 0 Å². The highest BCUT2D eigenvalue weighted by Crippen LogP contribution is 2.33. The van der Waals surface area contributed by atoms with Crippen LogP contribution in [0.3, 0.4) is 0 Å². The van der Waals surface area contributed by atoms with E-state index in [-0.39, 0.29) is 18.0 Å². The Hall–Kier alpha value is -4.16. The number of carbonyl (C=O) groups excluding carboxylic acids is 1. The van der Waals surface area contributed by atoms with Crippen LogP contribution in [0.25, 0.3) is 21.8 Å². The lowest BCUT2D eigenvalue weighted by Gasteiger charge is -2.22. The molecule has 1 amide bonds. The van der Waals surface area contributed by atoms with Crippen molar-refractivity contribution < 1.29 is 9.53 Å². The fraction of sp³-hybridized carbons (Fsp3) is 0.333. The average molecular weight is 484 g/mol. The Morgan fingerprint density at radius 3 is 2.94 bits per heavy atom. The standard InChI is InChI=1S/C27H29N7O2/c1-4-25(35)32-17-21(15-20(32)11-13-36-3)34-24-10-12-29-27(28)26(24)22(31-34)8-6-18-7-9-23-19(14-18)16-30-33(23)5-2/h4,7,9-10,12,14,16,20-21H,1,5,11,13,15,17H2,2-3H3,(H2,28,29)/t20-,21?/m0/s1. The lowest BCUT2D eigenvalue weighted by Crippen LogP contribution is -2.35. The molecule has 2 N–H and O–H groups in total. The van der Waals surface area contributed by atoms with Crippen LogP contribution in [-0.4, -0.2) is 61.7 Å². The Bertz CT molecular complexity index is 1510. The fourth-order valence-corrected chi connectivity index (χ4v) is 5.01. The van der Waals surface area contributed by atoms with Gasteiger partial charge in [0, 0.05) is 50.0 Å². The minimum atomic E-state index is -0.0851. The van der Waals surface area contributed by atoms with Crippen molar-refractivity contribution in [3.05, 3.63) is 60.6 Å². The molecule has 0 bridgehead atoms. The minimum Gasteiger partial charge on any atom is -0.385 e. The number of hydrogen-bond donors (Lipinski definition) is 1. The zero-order chi connectivity index (χ0) is 25.2. The first-order valence-corrected chi connectivity index (χ1v) is 12.1. The predicted molar refractivity (Wildman–Crippen MR) is 139 cm³/mol. The van der Waals surface area contributed by atoms with Crippen molar-refractivity contribution in [3.63, 3.8) is 0 Å². The van der Waals surface area contributed by atoms with Crippen LogP contribution in [0.15, 0.2) is 49.3 Å². The molecule has 1 aliphatic heterocycles. The number of rotatable bonds is 6. The van der Waals surface area contributed by atoms with Gasteiger partial charge in [0.25, 0.3) is 0 Å². The molecule has 3 aromatic heterocycles. The third kappa shape index (κ3) is 4.20. The summed E-state index contributed by atoms with van der Waals surface area (Å²) in [4.78, 5) is 18.7. The Balaban J connectivity index is 1.52. The summed E-state index contributed by atoms with van der Waals surface area (Å²) in [5.41, 5.74) is 9.66. The number of carbonyl (C=O) groups is 1. The van der Waals surface area contributed by atoms with Crippen molar-refractivity contribution in [2.75, 3.05) is 26.0 Å². The molecule has 0 saturated carbocycles. The van der Waals surface area contributed by atoms with Crippen LogP contribution >= 0.6 is 0 Å². The number of nitrogens with zero attached hydrogens (tertiary/aromatic N) is 6. The molecule has 4 heterocycles. The maximum atomic E-state index is 12.5. The molecule has 0 spiro atoms. The summed E-state index contributed by atoms with van der Waals surface area (Å²) < 4.78 is 9.17. The normalized spacial score (nSPS) is 17.4. The lowest BCUT2D eigenvalue weighted by molar-refractivity contribution is -0.127. The van der Waals surface area contributed by atoms with Crippen LogP contribution in [0, 0.1) is 11.8 Å². The van der Waals surface area contributed by atoms with E-state index in [0.29, 0.717) is 24.7 Å². The highest BCUT2D eigenvalue weighted by Gasteiger charge is 2.36. The van der Waals surface area contributed by atoms with Crippen molar-refractivity contribution in [3.8, 4) is 11.8 Å². The Labute approximate surface area is 209 Å². The maximum absolute atomic E-state index is 12.5. The summed E-state index contributed by atoms with van der Waals surface area (Å²) in [6, 6.07) is 7.97. The first kappa shape index (κ1) is 23.6. The zero-order valence-corrected chi connectivity index (χ0v) is 20.5. The molecule has 2 atom stereocenters. The smallest absolute Gasteiger partial charge is 0.246 e. The number of nitrogens with two attached hydrogens (primary N) is 1. The third-order valence-corrected chi connectivity index (χ3v) is 6.77. The second kappa shape index (κ2) is 9.84. The summed E-state index contributed by atoms with van der Waals surface area (Å²) in [5, 5.41) is 11.1. The van der Waals surface area contributed by atoms with Crippen molar-refractivity contribution in [1.29, 1.82) is 0 Å². The van der Waals surface area contributed by atoms with E-state index in [0.717, 1.165) is 46.8 Å². The maximum Gasteiger partial charge on any atom is 0.246 e. The number of amides is 1. The minimum absolute atomic E-state index is 0.0214. The molecule has 0 radical (unpaired) electrons. The third-order valence-electron chi connectivity index (χ3n) is 6.77. The Morgan fingerprint density at radius 2 is 2.17 bits per heavy atom. The van der Waals surface area contributed by atoms with Crippen molar-refractivity contribution >= 4 is 33.5 Å². The quantitative estimate of drug-likeness (QED) is 0.334. The molecule has 1 aromatic carbocycles. The number of benzene rings is 1. The first-order valence-electron chi connectivity index (χ1n) is 12.1. The second-order valence-corrected chi connectivity index (χ2v) is 8.89. The van der Waals surface area contributed by atoms with Gasteiger partial charge in [0.1, 0.15) is 11.5 Å². The van der Waals surface area contributed by atoms with Gasteiger partial charge < -0.3 is 15.4 Å². The fourth-order valence-electron chi connectivity index (χ4n) is 5.01. The largest absolute Gasteiger partial charge is 0.385 e. The number of ether oxygens (including phenoxy) is 1. The van der Waals surface area contributed by atoms with Gasteiger partial charge in [-0.1, -0.05) is 12.5 Å². The van der Waals surface area contributed by atoms with Crippen molar-refractivity contribution in [2.24, 2.45) is 0 Å². The molecule has 1 aliphatic rings. The molecule has 9 nitrogen and oxygen atoms in total. The van der Waals surface area contributed by atoms with Gasteiger partial charge in [0.15, 0.2) is 0 Å². The van der Waals surface area contributed by atoms with Gasteiger partial charge in [-0.05, 0) is 56.0 Å². The molecular formula is C27H29N7O2. The van der Waals surface area contributed by atoms with Gasteiger partial charge in [-0.2, -0.15) is 10.2 Å². The van der Waals surface area contributed by atoms with E-state index in [1.165, 1.54) is 6.08 Å². The monoisotopic (exact) mass is 483 g/mol. The Morgan fingerprint density at radius 1 is 1.31 bits per heavy atom. The number of methoxy groups -OCH3 is 1. The van der Waals surface area contributed by atoms with Crippen LogP contribution in [0.1, 0.15) is 37.1 Å². The molecule has 5 rings (SSSR count). The number of nitrogen functional groups attached to an aromatic ring is 1. The number of pyridine rings is 1. The second-order valence-electron chi connectivity index (χ2n) is 8.89. The van der Waals surface area contributed by atoms with Gasteiger partial charge in [-0.15, -0.1) is 0 Å². The van der Waals surface area contributed by atoms with Crippen molar-refractivity contribution in [2.45, 2.75) is 38.4 Å². The summed E-state index contributed by atoms with van der Waals surface area (Å²) in [6.45, 7) is 7.66. The molecule has 1 fully saturated rings. The molecule has 184 valence electrons. The first-order chi connectivity index (χ1) is 17.5. The van der Waals surface area contributed by atoms with Gasteiger partial charge in [0.05, 0.1) is 28.7 Å². The van der Waals surface area contributed by atoms with E-state index < -0.39 is 0 Å². The van der Waals surface area contributed by atoms with Crippen molar-refractivity contribution in [1.82, 2.24) is 29.4 Å². The highest BCUT2D eigenvalue weighted by molar-refractivity contribution is 5.93. The van der Waals surface area contributed by atoms with Crippen LogP contribution in [-0.2, 0) is 16.1 Å². The van der Waals surface area contributed by atoms with E-state index in [4.69, 9.17) is 15.6 Å². The topological polar surface area (TPSA) is 104 Å². The summed E-state index contributed by atoms with van der Waals surface area (Å²) in [5.74, 6) is 6.75.